The minimum absolute atomic E-state index is 0.251. The fourth-order valence-corrected chi connectivity index (χ4v) is 4.31. The summed E-state index contributed by atoms with van der Waals surface area (Å²) in [6.45, 7) is 9.40. The van der Waals surface area contributed by atoms with Crippen LogP contribution in [0.4, 0.5) is 0 Å². The van der Waals surface area contributed by atoms with Crippen LogP contribution >= 0.6 is 0 Å². The van der Waals surface area contributed by atoms with Crippen LogP contribution in [-0.2, 0) is 43.5 Å². The van der Waals surface area contributed by atoms with Crippen LogP contribution in [0, 0.1) is 0 Å². The molecule has 1 aliphatic rings. The van der Waals surface area contributed by atoms with Gasteiger partial charge in [-0.05, 0) is 44.4 Å². The van der Waals surface area contributed by atoms with Crippen LogP contribution in [-0.4, -0.2) is 36.3 Å². The van der Waals surface area contributed by atoms with Crippen LogP contribution in [0.15, 0.2) is 91.0 Å². The van der Waals surface area contributed by atoms with Crippen molar-refractivity contribution >= 4 is 0 Å². The van der Waals surface area contributed by atoms with Gasteiger partial charge < -0.3 is 23.7 Å². The molecule has 0 spiro atoms. The molecule has 0 amide bonds. The normalized spacial score (nSPS) is 24.5. The quantitative estimate of drug-likeness (QED) is 0.334. The molecule has 3 aromatic rings. The molecule has 1 fully saturated rings. The van der Waals surface area contributed by atoms with Gasteiger partial charge in [-0.1, -0.05) is 91.0 Å². The van der Waals surface area contributed by atoms with E-state index < -0.39 is 24.1 Å². The molecule has 3 aromatic carbocycles. The summed E-state index contributed by atoms with van der Waals surface area (Å²) in [5.41, 5.74) is 2.85. The highest BCUT2D eigenvalue weighted by Crippen LogP contribution is 2.32. The van der Waals surface area contributed by atoms with Gasteiger partial charge in [0.15, 0.2) is 6.29 Å². The summed E-state index contributed by atoms with van der Waals surface area (Å²) in [4.78, 5) is 0. The third kappa shape index (κ3) is 7.73. The highest BCUT2D eigenvalue weighted by Gasteiger charge is 2.48. The molecule has 0 radical (unpaired) electrons. The van der Waals surface area contributed by atoms with Crippen molar-refractivity contribution in [2.45, 2.75) is 83.8 Å². The molecule has 1 aliphatic heterocycles. The van der Waals surface area contributed by atoms with E-state index in [1.807, 2.05) is 82.3 Å². The topological polar surface area (TPSA) is 46.2 Å². The molecule has 0 N–H and O–H groups in total. The molecule has 0 aliphatic carbocycles. The molecule has 5 heteroatoms. The molecular formula is C31H38O5. The molecule has 192 valence electrons. The lowest BCUT2D eigenvalue weighted by Gasteiger charge is -2.46. The third-order valence-corrected chi connectivity index (χ3v) is 6.05. The zero-order valence-corrected chi connectivity index (χ0v) is 21.7. The van der Waals surface area contributed by atoms with E-state index in [0.29, 0.717) is 19.8 Å². The van der Waals surface area contributed by atoms with E-state index in [1.54, 1.807) is 0 Å². The predicted octanol–water partition coefficient (Wildman–Crippen LogP) is 6.30. The second-order valence-electron chi connectivity index (χ2n) is 10.2. The number of rotatable bonds is 10. The molecule has 0 aromatic heterocycles. The summed E-state index contributed by atoms with van der Waals surface area (Å²) in [6.07, 6.45) is -2.06. The van der Waals surface area contributed by atoms with E-state index in [1.165, 1.54) is 0 Å². The Kier molecular flexibility index (Phi) is 9.30. The van der Waals surface area contributed by atoms with Gasteiger partial charge in [0, 0.05) is 0 Å². The first-order chi connectivity index (χ1) is 17.4. The van der Waals surface area contributed by atoms with E-state index in [-0.39, 0.29) is 12.2 Å². The summed E-state index contributed by atoms with van der Waals surface area (Å²) in [5.74, 6) is 0. The highest BCUT2D eigenvalue weighted by atomic mass is 16.7. The van der Waals surface area contributed by atoms with E-state index >= 15 is 0 Å². The van der Waals surface area contributed by atoms with Crippen molar-refractivity contribution in [3.8, 4) is 0 Å². The Morgan fingerprint density at radius 2 is 0.972 bits per heavy atom. The number of benzene rings is 3. The summed E-state index contributed by atoms with van der Waals surface area (Å²) >= 11 is 0. The molecule has 5 atom stereocenters. The SMILES string of the molecule is C[C@H]1O[C@H](OC(C)(C)C)[C@H](OCc2ccccc2)[C@@H](OCc2ccccc2)[C@@H]1OCc1ccccc1. The van der Waals surface area contributed by atoms with Crippen LogP contribution in [0.3, 0.4) is 0 Å². The van der Waals surface area contributed by atoms with Gasteiger partial charge in [-0.15, -0.1) is 0 Å². The minimum atomic E-state index is -0.596. The number of hydrogen-bond acceptors (Lipinski definition) is 5. The minimum Gasteiger partial charge on any atom is -0.368 e. The van der Waals surface area contributed by atoms with Crippen molar-refractivity contribution in [2.24, 2.45) is 0 Å². The first-order valence-corrected chi connectivity index (χ1v) is 12.7. The van der Waals surface area contributed by atoms with E-state index in [0.717, 1.165) is 16.7 Å². The monoisotopic (exact) mass is 490 g/mol. The largest absolute Gasteiger partial charge is 0.368 e. The maximum atomic E-state index is 6.58. The Morgan fingerprint density at radius 1 is 0.583 bits per heavy atom. The van der Waals surface area contributed by atoms with Crippen LogP contribution in [0.25, 0.3) is 0 Å². The second-order valence-corrected chi connectivity index (χ2v) is 10.2. The van der Waals surface area contributed by atoms with Crippen LogP contribution in [0.5, 0.6) is 0 Å². The van der Waals surface area contributed by atoms with Gasteiger partial charge in [0.25, 0.3) is 0 Å². The van der Waals surface area contributed by atoms with Gasteiger partial charge in [0.2, 0.25) is 0 Å². The zero-order valence-electron chi connectivity index (χ0n) is 21.7. The van der Waals surface area contributed by atoms with E-state index in [4.69, 9.17) is 23.7 Å². The van der Waals surface area contributed by atoms with Gasteiger partial charge in [0.05, 0.1) is 31.5 Å². The zero-order chi connectivity index (χ0) is 25.4. The fraction of sp³-hybridized carbons (Fsp3) is 0.419. The Morgan fingerprint density at radius 3 is 1.39 bits per heavy atom. The Balaban J connectivity index is 1.59. The molecule has 4 rings (SSSR count). The maximum absolute atomic E-state index is 6.58. The summed E-state index contributed by atoms with van der Waals surface area (Å²) in [7, 11) is 0. The molecule has 0 bridgehead atoms. The average molecular weight is 491 g/mol. The smallest absolute Gasteiger partial charge is 0.187 e. The fourth-order valence-electron chi connectivity index (χ4n) is 4.31. The van der Waals surface area contributed by atoms with Crippen molar-refractivity contribution < 1.29 is 23.7 Å². The third-order valence-electron chi connectivity index (χ3n) is 6.05. The van der Waals surface area contributed by atoms with Crippen molar-refractivity contribution in [1.82, 2.24) is 0 Å². The van der Waals surface area contributed by atoms with Crippen molar-refractivity contribution in [3.63, 3.8) is 0 Å². The lowest BCUT2D eigenvalue weighted by Crippen LogP contribution is -2.61. The van der Waals surface area contributed by atoms with Crippen molar-refractivity contribution in [3.05, 3.63) is 108 Å². The van der Waals surface area contributed by atoms with Crippen molar-refractivity contribution in [2.75, 3.05) is 0 Å². The average Bonchev–Trinajstić information content (AvgIpc) is 2.87. The van der Waals surface area contributed by atoms with Crippen molar-refractivity contribution in [1.29, 1.82) is 0 Å². The number of hydrogen-bond donors (Lipinski definition) is 0. The van der Waals surface area contributed by atoms with Crippen LogP contribution in [0.2, 0.25) is 0 Å². The van der Waals surface area contributed by atoms with Gasteiger partial charge >= 0.3 is 0 Å². The lowest BCUT2D eigenvalue weighted by atomic mass is 9.98. The van der Waals surface area contributed by atoms with Gasteiger partial charge in [0.1, 0.15) is 18.3 Å². The summed E-state index contributed by atoms with van der Waals surface area (Å²) < 4.78 is 32.3. The molecule has 5 nitrogen and oxygen atoms in total. The van der Waals surface area contributed by atoms with Crippen LogP contribution in [0.1, 0.15) is 44.4 Å². The first kappa shape index (κ1) is 26.5. The summed E-state index contributed by atoms with van der Waals surface area (Å²) in [6, 6.07) is 30.4. The molecule has 0 unspecified atom stereocenters. The Labute approximate surface area is 215 Å². The Bertz CT molecular complexity index is 1020. The highest BCUT2D eigenvalue weighted by molar-refractivity contribution is 5.15. The van der Waals surface area contributed by atoms with Crippen LogP contribution < -0.4 is 0 Å². The Hall–Kier alpha value is -2.54. The predicted molar refractivity (Wildman–Crippen MR) is 140 cm³/mol. The molecule has 1 saturated heterocycles. The first-order valence-electron chi connectivity index (χ1n) is 12.7. The maximum Gasteiger partial charge on any atom is 0.187 e. The van der Waals surface area contributed by atoms with E-state index in [9.17, 15) is 0 Å². The molecule has 1 heterocycles. The van der Waals surface area contributed by atoms with Gasteiger partial charge in [-0.2, -0.15) is 0 Å². The number of ether oxygens (including phenoxy) is 5. The lowest BCUT2D eigenvalue weighted by molar-refractivity contribution is -0.336. The molecular weight excluding hydrogens is 452 g/mol. The van der Waals surface area contributed by atoms with Gasteiger partial charge in [-0.3, -0.25) is 0 Å². The standard InChI is InChI=1S/C31H38O5/c1-23-27(32-20-24-14-8-5-9-15-24)28(33-21-25-16-10-6-11-17-25)29(30(35-23)36-31(2,3)4)34-22-26-18-12-7-13-19-26/h5-19,23,27-30H,20-22H2,1-4H3/t23-,27-,28+,29-,30-/m1/s1. The second kappa shape index (κ2) is 12.6. The van der Waals surface area contributed by atoms with E-state index in [2.05, 4.69) is 36.4 Å². The molecule has 36 heavy (non-hydrogen) atoms. The molecule has 0 saturated carbocycles. The summed E-state index contributed by atoms with van der Waals surface area (Å²) in [5, 5.41) is 0. The van der Waals surface area contributed by atoms with Gasteiger partial charge in [-0.25, -0.2) is 0 Å².